The molecule has 2 rings (SSSR count). The topological polar surface area (TPSA) is 20.2 Å². The van der Waals surface area contributed by atoms with Crippen LogP contribution in [0.2, 0.25) is 4.82 Å². The summed E-state index contributed by atoms with van der Waals surface area (Å²) in [6.45, 7) is 0. The zero-order chi connectivity index (χ0) is 10.5. The van der Waals surface area contributed by atoms with E-state index in [1.165, 1.54) is 30.1 Å². The van der Waals surface area contributed by atoms with Crippen LogP contribution in [0.5, 0.6) is 0 Å². The Morgan fingerprint density at radius 1 is 1.00 bits per heavy atom. The molecule has 0 saturated heterocycles. The van der Waals surface area contributed by atoms with Crippen LogP contribution in [0, 0.1) is 0 Å². The number of benzene rings is 1. The summed E-state index contributed by atoms with van der Waals surface area (Å²) in [7, 11) is 0. The first-order valence-electron chi connectivity index (χ1n) is 5.76. The van der Waals surface area contributed by atoms with Gasteiger partial charge in [0.2, 0.25) is 0 Å². The molecule has 1 aliphatic rings. The molecule has 0 aromatic heterocycles. The molecule has 15 heavy (non-hydrogen) atoms. The van der Waals surface area contributed by atoms with Crippen molar-refractivity contribution in [2.75, 3.05) is 0 Å². The summed E-state index contributed by atoms with van der Waals surface area (Å²) in [5.74, 6) is 0. The number of aliphatic hydroxyl groups excluding tert-OH is 1. The van der Waals surface area contributed by atoms with Crippen LogP contribution in [-0.4, -0.2) is 26.2 Å². The molecule has 0 spiro atoms. The first-order valence-corrected chi connectivity index (χ1v) is 7.60. The van der Waals surface area contributed by atoms with E-state index in [1.54, 1.807) is 0 Å². The second-order valence-corrected chi connectivity index (χ2v) is 6.93. The van der Waals surface area contributed by atoms with Gasteiger partial charge in [-0.3, -0.25) is 0 Å². The molecular formula is C13H18OSe. The van der Waals surface area contributed by atoms with Gasteiger partial charge in [0.05, 0.1) is 0 Å². The normalized spacial score (nSPS) is 27.3. The predicted molar refractivity (Wildman–Crippen MR) is 64.7 cm³/mol. The molecule has 1 saturated carbocycles. The molecule has 2 atom stereocenters. The molecule has 0 aliphatic heterocycles. The van der Waals surface area contributed by atoms with Crippen LogP contribution in [0.3, 0.4) is 0 Å². The second kappa shape index (κ2) is 5.69. The minimum atomic E-state index is -0.0484. The third-order valence-electron chi connectivity index (χ3n) is 2.95. The van der Waals surface area contributed by atoms with E-state index in [4.69, 9.17) is 0 Å². The average Bonchev–Trinajstić information content (AvgIpc) is 2.46. The van der Waals surface area contributed by atoms with Gasteiger partial charge in [-0.25, -0.2) is 0 Å². The molecular weight excluding hydrogens is 251 g/mol. The van der Waals surface area contributed by atoms with Gasteiger partial charge in [-0.15, -0.1) is 0 Å². The summed E-state index contributed by atoms with van der Waals surface area (Å²) in [5, 5.41) is 10.0. The minimum absolute atomic E-state index is 0.0484. The van der Waals surface area contributed by atoms with Crippen LogP contribution in [0.4, 0.5) is 0 Å². The molecule has 1 aromatic carbocycles. The zero-order valence-corrected chi connectivity index (χ0v) is 10.6. The molecule has 82 valence electrons. The third-order valence-corrected chi connectivity index (χ3v) is 5.88. The van der Waals surface area contributed by atoms with Crippen molar-refractivity contribution < 1.29 is 5.11 Å². The van der Waals surface area contributed by atoms with Gasteiger partial charge >= 0.3 is 97.9 Å². The third kappa shape index (κ3) is 3.34. The van der Waals surface area contributed by atoms with Gasteiger partial charge in [0.25, 0.3) is 0 Å². The Balaban J connectivity index is 1.97. The van der Waals surface area contributed by atoms with Gasteiger partial charge in [-0.2, -0.15) is 0 Å². The first-order chi connectivity index (χ1) is 7.36. The summed E-state index contributed by atoms with van der Waals surface area (Å²) in [6.07, 6.45) is 6.00. The van der Waals surface area contributed by atoms with Crippen molar-refractivity contribution in [3.05, 3.63) is 30.3 Å². The molecule has 0 bridgehead atoms. The quantitative estimate of drug-likeness (QED) is 0.644. The molecule has 1 aliphatic carbocycles. The maximum absolute atomic E-state index is 10.0. The summed E-state index contributed by atoms with van der Waals surface area (Å²) in [4.78, 5) is 0.544. The number of hydrogen-bond acceptors (Lipinski definition) is 1. The van der Waals surface area contributed by atoms with Crippen molar-refractivity contribution in [3.8, 4) is 0 Å². The molecule has 0 amide bonds. The summed E-state index contributed by atoms with van der Waals surface area (Å²) < 4.78 is 1.43. The standard InChI is InChI=1S/C13H18OSe/c14-12-9-5-2-6-10-13(12)15-11-7-3-1-4-8-11/h1,3-4,7-8,12-14H,2,5-6,9-10H2/t12-,13-/m1/s1. The molecule has 1 N–H and O–H groups in total. The van der Waals surface area contributed by atoms with Gasteiger partial charge in [-0.1, -0.05) is 0 Å². The van der Waals surface area contributed by atoms with Crippen molar-refractivity contribution in [1.82, 2.24) is 0 Å². The van der Waals surface area contributed by atoms with E-state index in [9.17, 15) is 5.11 Å². The van der Waals surface area contributed by atoms with E-state index in [-0.39, 0.29) is 6.10 Å². The Kier molecular flexibility index (Phi) is 4.25. The monoisotopic (exact) mass is 270 g/mol. The fourth-order valence-corrected chi connectivity index (χ4v) is 4.67. The average molecular weight is 269 g/mol. The van der Waals surface area contributed by atoms with Crippen molar-refractivity contribution in [2.24, 2.45) is 0 Å². The summed E-state index contributed by atoms with van der Waals surface area (Å²) in [6, 6.07) is 10.6. The van der Waals surface area contributed by atoms with Crippen LogP contribution in [0.25, 0.3) is 0 Å². The van der Waals surface area contributed by atoms with E-state index in [2.05, 4.69) is 30.3 Å². The first kappa shape index (κ1) is 11.2. The Hall–Kier alpha value is -0.301. The number of aliphatic hydroxyl groups is 1. The molecule has 0 heterocycles. The van der Waals surface area contributed by atoms with Gasteiger partial charge in [-0.05, 0) is 0 Å². The van der Waals surface area contributed by atoms with E-state index >= 15 is 0 Å². The molecule has 1 nitrogen and oxygen atoms in total. The van der Waals surface area contributed by atoms with Crippen molar-refractivity contribution >= 4 is 19.4 Å². The fraction of sp³-hybridized carbons (Fsp3) is 0.538. The Bertz CT molecular complexity index is 286. The molecule has 2 heteroatoms. The van der Waals surface area contributed by atoms with Crippen molar-refractivity contribution in [3.63, 3.8) is 0 Å². The van der Waals surface area contributed by atoms with Gasteiger partial charge < -0.3 is 0 Å². The number of rotatable bonds is 2. The summed E-state index contributed by atoms with van der Waals surface area (Å²) in [5.41, 5.74) is 0. The van der Waals surface area contributed by atoms with Crippen LogP contribution >= 0.6 is 0 Å². The second-order valence-electron chi connectivity index (χ2n) is 4.17. The van der Waals surface area contributed by atoms with Crippen LogP contribution < -0.4 is 4.46 Å². The van der Waals surface area contributed by atoms with Crippen molar-refractivity contribution in [1.29, 1.82) is 0 Å². The molecule has 1 aromatic rings. The van der Waals surface area contributed by atoms with E-state index < -0.39 is 0 Å². The predicted octanol–water partition coefficient (Wildman–Crippen LogP) is 2.13. The van der Waals surface area contributed by atoms with Crippen LogP contribution in [0.1, 0.15) is 32.1 Å². The zero-order valence-electron chi connectivity index (χ0n) is 8.93. The van der Waals surface area contributed by atoms with Crippen LogP contribution in [0.15, 0.2) is 30.3 Å². The van der Waals surface area contributed by atoms with Gasteiger partial charge in [0.1, 0.15) is 0 Å². The van der Waals surface area contributed by atoms with Crippen LogP contribution in [-0.2, 0) is 0 Å². The molecule has 0 radical (unpaired) electrons. The van der Waals surface area contributed by atoms with E-state index in [0.29, 0.717) is 19.8 Å². The van der Waals surface area contributed by atoms with Gasteiger partial charge in [0, 0.05) is 0 Å². The fourth-order valence-electron chi connectivity index (χ4n) is 2.07. The van der Waals surface area contributed by atoms with Gasteiger partial charge in [0.15, 0.2) is 0 Å². The van der Waals surface area contributed by atoms with E-state index in [0.717, 1.165) is 6.42 Å². The van der Waals surface area contributed by atoms with E-state index in [1.807, 2.05) is 0 Å². The Morgan fingerprint density at radius 3 is 2.53 bits per heavy atom. The Morgan fingerprint density at radius 2 is 1.73 bits per heavy atom. The molecule has 1 fully saturated rings. The molecule has 0 unspecified atom stereocenters. The SMILES string of the molecule is O[C@@H]1CCCCC[C@H]1[Se]c1ccccc1. The maximum atomic E-state index is 10.0. The summed E-state index contributed by atoms with van der Waals surface area (Å²) >= 11 is 0.449. The Labute approximate surface area is 98.1 Å². The number of hydrogen-bond donors (Lipinski definition) is 1. The van der Waals surface area contributed by atoms with Crippen molar-refractivity contribution in [2.45, 2.75) is 43.0 Å².